The van der Waals surface area contributed by atoms with Crippen LogP contribution in [0.5, 0.6) is 0 Å². The molecule has 0 aliphatic carbocycles. The number of aromatic nitrogens is 1. The van der Waals surface area contributed by atoms with Crippen molar-refractivity contribution in [3.8, 4) is 10.6 Å². The number of thioether (sulfide) groups is 1. The summed E-state index contributed by atoms with van der Waals surface area (Å²) >= 11 is 8.55. The largest absolute Gasteiger partial charge is 0.349 e. The molecule has 3 aromatic rings. The zero-order valence-electron chi connectivity index (χ0n) is 16.0. The highest BCUT2D eigenvalue weighted by molar-refractivity contribution is 8.00. The van der Waals surface area contributed by atoms with E-state index in [2.05, 4.69) is 10.3 Å². The molecule has 11 heteroatoms. The molecule has 1 unspecified atom stereocenters. The molecule has 0 bridgehead atoms. The maximum absolute atomic E-state index is 13.4. The Balaban J connectivity index is 1.44. The van der Waals surface area contributed by atoms with Gasteiger partial charge in [0, 0.05) is 16.7 Å². The van der Waals surface area contributed by atoms with Crippen LogP contribution in [-0.2, 0) is 21.4 Å². The smallest absolute Gasteiger partial charge is 0.244 e. The van der Waals surface area contributed by atoms with Crippen molar-refractivity contribution >= 4 is 50.6 Å². The molecule has 1 amide bonds. The third kappa shape index (κ3) is 4.78. The molecule has 0 spiro atoms. The highest BCUT2D eigenvalue weighted by Gasteiger charge is 2.40. The van der Waals surface area contributed by atoms with Gasteiger partial charge in [0.25, 0.3) is 0 Å². The number of hydrogen-bond acceptors (Lipinski definition) is 6. The van der Waals surface area contributed by atoms with Gasteiger partial charge < -0.3 is 5.32 Å². The molecule has 2 aromatic carbocycles. The highest BCUT2D eigenvalue weighted by atomic mass is 35.5. The maximum atomic E-state index is 13.4. The van der Waals surface area contributed by atoms with Crippen LogP contribution in [0, 0.1) is 5.82 Å². The van der Waals surface area contributed by atoms with E-state index in [9.17, 15) is 17.6 Å². The summed E-state index contributed by atoms with van der Waals surface area (Å²) in [6.45, 7) is 0.194. The number of benzene rings is 2. The van der Waals surface area contributed by atoms with Crippen LogP contribution in [-0.4, -0.2) is 41.3 Å². The molecule has 0 radical (unpaired) electrons. The van der Waals surface area contributed by atoms with E-state index in [4.69, 9.17) is 11.6 Å². The summed E-state index contributed by atoms with van der Waals surface area (Å²) in [4.78, 5) is 17.1. The summed E-state index contributed by atoms with van der Waals surface area (Å²) in [6, 6.07) is 12.0. The first-order valence-corrected chi connectivity index (χ1v) is 13.0. The summed E-state index contributed by atoms with van der Waals surface area (Å²) < 4.78 is 40.5. The maximum Gasteiger partial charge on any atom is 0.244 e. The number of thiazole rings is 1. The van der Waals surface area contributed by atoms with Gasteiger partial charge in [-0.2, -0.15) is 4.31 Å². The first-order chi connectivity index (χ1) is 14.9. The summed E-state index contributed by atoms with van der Waals surface area (Å²) in [7, 11) is -4.00. The summed E-state index contributed by atoms with van der Waals surface area (Å²) in [5.74, 6) is -0.656. The van der Waals surface area contributed by atoms with Crippen LogP contribution in [0.25, 0.3) is 10.6 Å². The third-order valence-corrected chi connectivity index (χ3v) is 8.91. The van der Waals surface area contributed by atoms with Gasteiger partial charge in [-0.25, -0.2) is 17.8 Å². The minimum Gasteiger partial charge on any atom is -0.349 e. The SMILES string of the molecule is O=C(NCc1csc(-c2ccccc2)n1)C1CSCN1S(=O)(=O)c1ccc(F)c(Cl)c1. The fraction of sp³-hybridized carbons (Fsp3) is 0.200. The molecule has 4 rings (SSSR count). The van der Waals surface area contributed by atoms with Crippen molar-refractivity contribution < 1.29 is 17.6 Å². The van der Waals surface area contributed by atoms with Crippen LogP contribution in [0.3, 0.4) is 0 Å². The summed E-state index contributed by atoms with van der Waals surface area (Å²) in [6.07, 6.45) is 0. The number of nitrogens with one attached hydrogen (secondary N) is 1. The Bertz CT molecular complexity index is 1200. The molecular formula is C20H17ClFN3O3S3. The first kappa shape index (κ1) is 22.2. The quantitative estimate of drug-likeness (QED) is 0.557. The molecule has 0 saturated carbocycles. The van der Waals surface area contributed by atoms with Crippen LogP contribution in [0.15, 0.2) is 58.8 Å². The molecule has 31 heavy (non-hydrogen) atoms. The molecule has 1 atom stereocenters. The van der Waals surface area contributed by atoms with Gasteiger partial charge in [-0.05, 0) is 18.2 Å². The molecule has 1 aliphatic rings. The molecular weight excluding hydrogens is 481 g/mol. The number of amides is 1. The van der Waals surface area contributed by atoms with Crippen molar-refractivity contribution in [2.75, 3.05) is 11.6 Å². The predicted octanol–water partition coefficient (Wildman–Crippen LogP) is 3.98. The van der Waals surface area contributed by atoms with E-state index in [-0.39, 0.29) is 22.3 Å². The molecule has 1 N–H and O–H groups in total. The van der Waals surface area contributed by atoms with E-state index in [1.165, 1.54) is 23.1 Å². The van der Waals surface area contributed by atoms with Gasteiger partial charge in [0.1, 0.15) is 16.9 Å². The Labute approximate surface area is 192 Å². The Kier molecular flexibility index (Phi) is 6.63. The van der Waals surface area contributed by atoms with E-state index < -0.39 is 27.8 Å². The monoisotopic (exact) mass is 497 g/mol. The summed E-state index contributed by atoms with van der Waals surface area (Å²) in [5, 5.41) is 5.20. The van der Waals surface area contributed by atoms with Gasteiger partial charge >= 0.3 is 0 Å². The van der Waals surface area contributed by atoms with E-state index >= 15 is 0 Å². The van der Waals surface area contributed by atoms with Crippen LogP contribution >= 0.6 is 34.7 Å². The van der Waals surface area contributed by atoms with Gasteiger partial charge in [0.2, 0.25) is 15.9 Å². The first-order valence-electron chi connectivity index (χ1n) is 9.18. The molecule has 1 aliphatic heterocycles. The van der Waals surface area contributed by atoms with Gasteiger partial charge in [-0.15, -0.1) is 23.1 Å². The van der Waals surface area contributed by atoms with Gasteiger partial charge in [-0.1, -0.05) is 41.9 Å². The second-order valence-electron chi connectivity index (χ2n) is 6.71. The lowest BCUT2D eigenvalue weighted by Gasteiger charge is -2.22. The lowest BCUT2D eigenvalue weighted by molar-refractivity contribution is -0.124. The second kappa shape index (κ2) is 9.25. The zero-order valence-corrected chi connectivity index (χ0v) is 19.2. The van der Waals surface area contributed by atoms with Gasteiger partial charge in [0.05, 0.1) is 28.0 Å². The van der Waals surface area contributed by atoms with Crippen molar-refractivity contribution in [3.05, 3.63) is 70.4 Å². The van der Waals surface area contributed by atoms with Crippen LogP contribution in [0.2, 0.25) is 5.02 Å². The normalized spacial score (nSPS) is 17.0. The number of carbonyl (C=O) groups excluding carboxylic acids is 1. The molecule has 1 fully saturated rings. The molecule has 2 heterocycles. The number of halogens is 2. The van der Waals surface area contributed by atoms with E-state index in [0.29, 0.717) is 11.4 Å². The van der Waals surface area contributed by atoms with Crippen molar-refractivity contribution in [1.29, 1.82) is 0 Å². The van der Waals surface area contributed by atoms with Crippen LogP contribution < -0.4 is 5.32 Å². The number of rotatable bonds is 6. The number of sulfonamides is 1. The van der Waals surface area contributed by atoms with Crippen LogP contribution in [0.4, 0.5) is 4.39 Å². The second-order valence-corrected chi connectivity index (χ2v) is 10.9. The van der Waals surface area contributed by atoms with Crippen molar-refractivity contribution in [2.24, 2.45) is 0 Å². The average molecular weight is 498 g/mol. The summed E-state index contributed by atoms with van der Waals surface area (Å²) in [5.41, 5.74) is 1.69. The van der Waals surface area contributed by atoms with E-state index in [1.807, 2.05) is 35.7 Å². The fourth-order valence-electron chi connectivity index (χ4n) is 3.04. The number of hydrogen-bond donors (Lipinski definition) is 1. The lowest BCUT2D eigenvalue weighted by Crippen LogP contribution is -2.47. The Morgan fingerprint density at radius 2 is 2.03 bits per heavy atom. The van der Waals surface area contributed by atoms with Crippen molar-refractivity contribution in [3.63, 3.8) is 0 Å². The minimum absolute atomic E-state index is 0.129. The Morgan fingerprint density at radius 1 is 1.26 bits per heavy atom. The van der Waals surface area contributed by atoms with Crippen molar-refractivity contribution in [1.82, 2.24) is 14.6 Å². The number of nitrogens with zero attached hydrogens (tertiary/aromatic N) is 2. The Hall–Kier alpha value is -1.98. The third-order valence-electron chi connectivity index (χ3n) is 4.66. The van der Waals surface area contributed by atoms with Gasteiger partial charge in [-0.3, -0.25) is 4.79 Å². The molecule has 162 valence electrons. The van der Waals surface area contributed by atoms with Crippen LogP contribution in [0.1, 0.15) is 5.69 Å². The number of carbonyl (C=O) groups is 1. The highest BCUT2D eigenvalue weighted by Crippen LogP contribution is 2.30. The zero-order chi connectivity index (χ0) is 22.0. The van der Waals surface area contributed by atoms with Gasteiger partial charge in [0.15, 0.2) is 0 Å². The Morgan fingerprint density at radius 3 is 2.77 bits per heavy atom. The topological polar surface area (TPSA) is 79.4 Å². The minimum atomic E-state index is -4.00. The molecule has 1 saturated heterocycles. The van der Waals surface area contributed by atoms with Crippen molar-refractivity contribution in [2.45, 2.75) is 17.5 Å². The average Bonchev–Trinajstić information content (AvgIpc) is 3.45. The van der Waals surface area contributed by atoms with E-state index in [1.54, 1.807) is 0 Å². The molecule has 1 aromatic heterocycles. The van der Waals surface area contributed by atoms with E-state index in [0.717, 1.165) is 33.1 Å². The predicted molar refractivity (Wildman–Crippen MR) is 121 cm³/mol. The molecule has 6 nitrogen and oxygen atoms in total. The fourth-order valence-corrected chi connectivity index (χ4v) is 7.29. The lowest BCUT2D eigenvalue weighted by atomic mass is 10.2. The standard InChI is InChI=1S/C20H17ClFN3O3S3/c21-16-8-15(6-7-17(16)22)31(27,28)25-12-29-11-18(25)19(26)23-9-14-10-30-20(24-14)13-4-2-1-3-5-13/h1-8,10,18H,9,11-12H2,(H,23,26).